The molecule has 0 aliphatic carbocycles. The van der Waals surface area contributed by atoms with Crippen LogP contribution in [0.15, 0.2) is 0 Å². The number of hydrogen-bond acceptors (Lipinski definition) is 7. The molecule has 2 rings (SSSR count). The van der Waals surface area contributed by atoms with E-state index >= 15 is 0 Å². The van der Waals surface area contributed by atoms with E-state index in [9.17, 15) is 4.79 Å². The van der Waals surface area contributed by atoms with Gasteiger partial charge in [-0.1, -0.05) is 0 Å². The fraction of sp³-hybridized carbons (Fsp3) is 0.417. The SMILES string of the molecule is COC(=O)c1sc2nc(Cl)nc(NCCCO)c2c1C. The van der Waals surface area contributed by atoms with E-state index in [1.807, 2.05) is 6.92 Å². The van der Waals surface area contributed by atoms with Crippen molar-refractivity contribution in [3.8, 4) is 0 Å². The Morgan fingerprint density at radius 3 is 2.90 bits per heavy atom. The fourth-order valence-electron chi connectivity index (χ4n) is 1.81. The molecule has 108 valence electrons. The van der Waals surface area contributed by atoms with Crippen LogP contribution in [0.5, 0.6) is 0 Å². The molecule has 8 heteroatoms. The zero-order valence-electron chi connectivity index (χ0n) is 11.1. The third-order valence-corrected chi connectivity index (χ3v) is 4.10. The molecule has 0 aliphatic heterocycles. The van der Waals surface area contributed by atoms with Crippen LogP contribution in [0.2, 0.25) is 5.28 Å². The first-order valence-corrected chi connectivity index (χ1v) is 7.17. The number of thiophene rings is 1. The van der Waals surface area contributed by atoms with Crippen molar-refractivity contribution in [1.82, 2.24) is 9.97 Å². The van der Waals surface area contributed by atoms with Crippen LogP contribution >= 0.6 is 22.9 Å². The van der Waals surface area contributed by atoms with E-state index in [0.717, 1.165) is 10.9 Å². The van der Waals surface area contributed by atoms with Gasteiger partial charge in [0.2, 0.25) is 5.28 Å². The van der Waals surface area contributed by atoms with E-state index in [1.54, 1.807) is 0 Å². The summed E-state index contributed by atoms with van der Waals surface area (Å²) in [5, 5.41) is 12.8. The van der Waals surface area contributed by atoms with Gasteiger partial charge in [0, 0.05) is 13.2 Å². The third kappa shape index (κ3) is 2.84. The standard InChI is InChI=1S/C12H14ClN3O3S/c1-6-7-9(14-4-3-5-17)15-12(13)16-10(7)20-8(6)11(18)19-2/h17H,3-5H2,1-2H3,(H,14,15,16). The Labute approximate surface area is 124 Å². The summed E-state index contributed by atoms with van der Waals surface area (Å²) in [5.74, 6) is 0.167. The minimum Gasteiger partial charge on any atom is -0.465 e. The monoisotopic (exact) mass is 315 g/mol. The average Bonchev–Trinajstić information content (AvgIpc) is 2.75. The highest BCUT2D eigenvalue weighted by molar-refractivity contribution is 7.20. The highest BCUT2D eigenvalue weighted by Gasteiger charge is 2.20. The number of nitrogens with zero attached hydrogens (tertiary/aromatic N) is 2. The number of anilines is 1. The maximum Gasteiger partial charge on any atom is 0.348 e. The summed E-state index contributed by atoms with van der Waals surface area (Å²) in [4.78, 5) is 21.1. The number of carbonyl (C=O) groups excluding carboxylic acids is 1. The van der Waals surface area contributed by atoms with Crippen molar-refractivity contribution in [1.29, 1.82) is 0 Å². The van der Waals surface area contributed by atoms with Gasteiger partial charge < -0.3 is 15.2 Å². The number of hydrogen-bond donors (Lipinski definition) is 2. The number of rotatable bonds is 5. The molecule has 2 aromatic rings. The van der Waals surface area contributed by atoms with Crippen molar-refractivity contribution in [2.24, 2.45) is 0 Å². The quantitative estimate of drug-likeness (QED) is 0.500. The number of fused-ring (bicyclic) bond motifs is 1. The lowest BCUT2D eigenvalue weighted by molar-refractivity contribution is 0.0605. The summed E-state index contributed by atoms with van der Waals surface area (Å²) in [7, 11) is 1.34. The van der Waals surface area contributed by atoms with E-state index in [-0.39, 0.29) is 11.9 Å². The van der Waals surface area contributed by atoms with Crippen LogP contribution in [0.1, 0.15) is 21.7 Å². The smallest absolute Gasteiger partial charge is 0.348 e. The van der Waals surface area contributed by atoms with Crippen molar-refractivity contribution in [2.45, 2.75) is 13.3 Å². The number of aromatic nitrogens is 2. The maximum absolute atomic E-state index is 11.7. The molecule has 0 fully saturated rings. The van der Waals surface area contributed by atoms with E-state index in [4.69, 9.17) is 21.4 Å². The number of halogens is 1. The van der Waals surface area contributed by atoms with E-state index < -0.39 is 5.97 Å². The van der Waals surface area contributed by atoms with Crippen molar-refractivity contribution in [3.63, 3.8) is 0 Å². The number of esters is 1. The summed E-state index contributed by atoms with van der Waals surface area (Å²) in [6.45, 7) is 2.46. The zero-order valence-corrected chi connectivity index (χ0v) is 12.6. The summed E-state index contributed by atoms with van der Waals surface area (Å²) in [5.41, 5.74) is 0.764. The number of aliphatic hydroxyl groups excluding tert-OH is 1. The summed E-state index contributed by atoms with van der Waals surface area (Å²) in [6.07, 6.45) is 0.593. The number of carbonyl (C=O) groups is 1. The van der Waals surface area contributed by atoms with Crippen molar-refractivity contribution < 1.29 is 14.6 Å². The van der Waals surface area contributed by atoms with Crippen LogP contribution in [0, 0.1) is 6.92 Å². The number of ether oxygens (including phenoxy) is 1. The second-order valence-electron chi connectivity index (χ2n) is 4.07. The van der Waals surface area contributed by atoms with Gasteiger partial charge in [-0.3, -0.25) is 0 Å². The molecule has 2 N–H and O–H groups in total. The predicted molar refractivity (Wildman–Crippen MR) is 78.7 cm³/mol. The van der Waals surface area contributed by atoms with Gasteiger partial charge in [0.15, 0.2) is 0 Å². The van der Waals surface area contributed by atoms with Crippen LogP contribution in [0.3, 0.4) is 0 Å². The van der Waals surface area contributed by atoms with Crippen molar-refractivity contribution in [3.05, 3.63) is 15.7 Å². The van der Waals surface area contributed by atoms with Crippen LogP contribution < -0.4 is 5.32 Å². The molecular formula is C12H14ClN3O3S. The summed E-state index contributed by atoms with van der Waals surface area (Å²) in [6, 6.07) is 0. The lowest BCUT2D eigenvalue weighted by Crippen LogP contribution is -2.06. The Kier molecular flexibility index (Phi) is 4.74. The number of aryl methyl sites for hydroxylation is 1. The van der Waals surface area contributed by atoms with E-state index in [1.165, 1.54) is 18.4 Å². The molecule has 0 saturated carbocycles. The van der Waals surface area contributed by atoms with Gasteiger partial charge in [0.25, 0.3) is 0 Å². The van der Waals surface area contributed by atoms with Crippen LogP contribution in [-0.4, -0.2) is 41.3 Å². The first kappa shape index (κ1) is 15.0. The van der Waals surface area contributed by atoms with E-state index in [0.29, 0.717) is 28.5 Å². The van der Waals surface area contributed by atoms with Gasteiger partial charge in [-0.2, -0.15) is 0 Å². The number of methoxy groups -OCH3 is 1. The van der Waals surface area contributed by atoms with Gasteiger partial charge in [0.1, 0.15) is 15.5 Å². The van der Waals surface area contributed by atoms with Crippen molar-refractivity contribution in [2.75, 3.05) is 25.6 Å². The first-order valence-electron chi connectivity index (χ1n) is 5.98. The molecule has 6 nitrogen and oxygen atoms in total. The fourth-order valence-corrected chi connectivity index (χ4v) is 3.13. The lowest BCUT2D eigenvalue weighted by atomic mass is 10.2. The predicted octanol–water partition coefficient (Wildman–Crippen LogP) is 2.23. The van der Waals surface area contributed by atoms with Crippen LogP contribution in [0.4, 0.5) is 5.82 Å². The highest BCUT2D eigenvalue weighted by atomic mass is 35.5. The number of nitrogens with one attached hydrogen (secondary N) is 1. The Bertz CT molecular complexity index is 644. The summed E-state index contributed by atoms with van der Waals surface area (Å²) >= 11 is 7.12. The maximum atomic E-state index is 11.7. The Morgan fingerprint density at radius 1 is 1.50 bits per heavy atom. The Balaban J connectivity index is 2.51. The van der Waals surface area contributed by atoms with Crippen molar-refractivity contribution >= 4 is 44.9 Å². The molecule has 20 heavy (non-hydrogen) atoms. The molecule has 0 amide bonds. The van der Waals surface area contributed by atoms with E-state index in [2.05, 4.69) is 15.3 Å². The highest BCUT2D eigenvalue weighted by Crippen LogP contribution is 2.34. The molecule has 0 unspecified atom stereocenters. The molecule has 0 aromatic carbocycles. The van der Waals surface area contributed by atoms with Crippen LogP contribution in [0.25, 0.3) is 10.2 Å². The molecule has 0 spiro atoms. The van der Waals surface area contributed by atoms with Gasteiger partial charge in [-0.15, -0.1) is 11.3 Å². The molecule has 2 heterocycles. The van der Waals surface area contributed by atoms with Gasteiger partial charge in [0.05, 0.1) is 12.5 Å². The molecule has 0 bridgehead atoms. The van der Waals surface area contributed by atoms with Crippen LogP contribution in [-0.2, 0) is 4.74 Å². The minimum absolute atomic E-state index is 0.0883. The summed E-state index contributed by atoms with van der Waals surface area (Å²) < 4.78 is 4.75. The Hall–Kier alpha value is -1.44. The lowest BCUT2D eigenvalue weighted by Gasteiger charge is -2.06. The molecule has 0 radical (unpaired) electrons. The molecule has 2 aromatic heterocycles. The number of aliphatic hydroxyl groups is 1. The molecule has 0 atom stereocenters. The van der Waals surface area contributed by atoms with Gasteiger partial charge in [-0.05, 0) is 30.5 Å². The normalized spacial score (nSPS) is 10.8. The zero-order chi connectivity index (χ0) is 14.7. The average molecular weight is 316 g/mol. The molecular weight excluding hydrogens is 302 g/mol. The second-order valence-corrected chi connectivity index (χ2v) is 5.41. The first-order chi connectivity index (χ1) is 9.58. The molecule has 0 saturated heterocycles. The second kappa shape index (κ2) is 6.34. The largest absolute Gasteiger partial charge is 0.465 e. The van der Waals surface area contributed by atoms with Gasteiger partial charge >= 0.3 is 5.97 Å². The Morgan fingerprint density at radius 2 is 2.25 bits per heavy atom. The molecule has 0 aliphatic rings. The minimum atomic E-state index is -0.400. The van der Waals surface area contributed by atoms with Gasteiger partial charge in [-0.25, -0.2) is 14.8 Å². The topological polar surface area (TPSA) is 84.3 Å². The third-order valence-electron chi connectivity index (χ3n) is 2.76.